The number of carboxylic acid groups (broad SMARTS) is 1. The summed E-state index contributed by atoms with van der Waals surface area (Å²) in [5.74, 6) is -0.837. The maximum atomic E-state index is 11.4. The second-order valence-electron chi connectivity index (χ2n) is 5.22. The van der Waals surface area contributed by atoms with Crippen molar-refractivity contribution in [2.24, 2.45) is 0 Å². The summed E-state index contributed by atoms with van der Waals surface area (Å²) in [5, 5.41) is 12.6. The largest absolute Gasteiger partial charge is 0.478 e. The molecular weight excluding hydrogens is 284 g/mol. The van der Waals surface area contributed by atoms with Gasteiger partial charge in [-0.1, -0.05) is 13.0 Å². The Hall–Kier alpha value is -1.88. The third kappa shape index (κ3) is 2.78. The van der Waals surface area contributed by atoms with Crippen molar-refractivity contribution in [3.8, 4) is 0 Å². The number of aromatic carboxylic acids is 1. The highest BCUT2D eigenvalue weighted by atomic mass is 32.1. The van der Waals surface area contributed by atoms with E-state index < -0.39 is 5.97 Å². The minimum absolute atomic E-state index is 0.435. The molecule has 0 radical (unpaired) electrons. The normalized spacial score (nSPS) is 14.0. The van der Waals surface area contributed by atoms with E-state index in [1.165, 1.54) is 0 Å². The summed E-state index contributed by atoms with van der Waals surface area (Å²) in [6.45, 7) is 3.82. The van der Waals surface area contributed by atoms with Crippen molar-refractivity contribution >= 4 is 23.0 Å². The van der Waals surface area contributed by atoms with Crippen molar-refractivity contribution in [3.05, 3.63) is 45.4 Å². The van der Waals surface area contributed by atoms with E-state index in [2.05, 4.69) is 22.2 Å². The van der Waals surface area contributed by atoms with Gasteiger partial charge in [-0.05, 0) is 37.0 Å². The Kier molecular flexibility index (Phi) is 3.92. The van der Waals surface area contributed by atoms with Crippen molar-refractivity contribution in [2.45, 2.75) is 32.7 Å². The molecule has 0 bridgehead atoms. The van der Waals surface area contributed by atoms with Crippen molar-refractivity contribution in [1.29, 1.82) is 0 Å². The predicted octanol–water partition coefficient (Wildman–Crippen LogP) is 3.36. The maximum Gasteiger partial charge on any atom is 0.336 e. The summed E-state index contributed by atoms with van der Waals surface area (Å²) in [5.41, 5.74) is 3.52. The van der Waals surface area contributed by atoms with Crippen LogP contribution in [0.15, 0.2) is 23.6 Å². The maximum absolute atomic E-state index is 11.4. The van der Waals surface area contributed by atoms with Crippen molar-refractivity contribution in [1.82, 2.24) is 4.98 Å². The molecule has 1 aromatic heterocycles. The van der Waals surface area contributed by atoms with Crippen LogP contribution in [0.2, 0.25) is 0 Å². The molecule has 0 atom stereocenters. The van der Waals surface area contributed by atoms with Gasteiger partial charge >= 0.3 is 5.97 Å². The van der Waals surface area contributed by atoms with Crippen LogP contribution in [-0.2, 0) is 19.4 Å². The Bertz CT molecular complexity index is 666. The first kappa shape index (κ1) is 14.1. The van der Waals surface area contributed by atoms with Gasteiger partial charge < -0.3 is 10.0 Å². The highest BCUT2D eigenvalue weighted by Crippen LogP contribution is 2.31. The van der Waals surface area contributed by atoms with Crippen molar-refractivity contribution in [2.75, 3.05) is 11.4 Å². The SMILES string of the molecule is CCc1nc(CN2CCCc3c(C(=O)O)cccc32)cs1. The number of rotatable bonds is 4. The van der Waals surface area contributed by atoms with Crippen LogP contribution in [-0.4, -0.2) is 22.6 Å². The van der Waals surface area contributed by atoms with Gasteiger partial charge in [0.15, 0.2) is 0 Å². The number of carboxylic acids is 1. The van der Waals surface area contributed by atoms with Gasteiger partial charge in [0, 0.05) is 17.6 Å². The Balaban J connectivity index is 1.90. The summed E-state index contributed by atoms with van der Waals surface area (Å²) in [6.07, 6.45) is 2.79. The van der Waals surface area contributed by atoms with E-state index in [9.17, 15) is 9.90 Å². The van der Waals surface area contributed by atoms with Crippen LogP contribution in [0, 0.1) is 0 Å². The fraction of sp³-hybridized carbons (Fsp3) is 0.375. The molecule has 1 aliphatic heterocycles. The summed E-state index contributed by atoms with van der Waals surface area (Å²) in [7, 11) is 0. The highest BCUT2D eigenvalue weighted by molar-refractivity contribution is 7.09. The number of aromatic nitrogens is 1. The topological polar surface area (TPSA) is 53.4 Å². The molecule has 5 heteroatoms. The molecule has 0 spiro atoms. The summed E-state index contributed by atoms with van der Waals surface area (Å²) >= 11 is 1.70. The molecule has 0 fully saturated rings. The fourth-order valence-corrected chi connectivity index (χ4v) is 3.58. The number of benzene rings is 1. The summed E-state index contributed by atoms with van der Waals surface area (Å²) in [6, 6.07) is 5.55. The van der Waals surface area contributed by atoms with Crippen LogP contribution in [0.4, 0.5) is 5.69 Å². The second kappa shape index (κ2) is 5.85. The summed E-state index contributed by atoms with van der Waals surface area (Å²) in [4.78, 5) is 18.2. The molecule has 0 unspecified atom stereocenters. The number of hydrogen-bond donors (Lipinski definition) is 1. The van der Waals surface area contributed by atoms with Gasteiger partial charge in [-0.15, -0.1) is 11.3 Å². The molecule has 21 heavy (non-hydrogen) atoms. The van der Waals surface area contributed by atoms with Crippen LogP contribution in [0.25, 0.3) is 0 Å². The summed E-state index contributed by atoms with van der Waals surface area (Å²) < 4.78 is 0. The van der Waals surface area contributed by atoms with Gasteiger partial charge in [-0.2, -0.15) is 0 Å². The molecule has 2 aromatic rings. The molecule has 1 aromatic carbocycles. The first-order valence-electron chi connectivity index (χ1n) is 7.22. The number of hydrogen-bond acceptors (Lipinski definition) is 4. The Morgan fingerprint density at radius 1 is 1.48 bits per heavy atom. The van der Waals surface area contributed by atoms with Gasteiger partial charge in [-0.3, -0.25) is 0 Å². The molecule has 2 heterocycles. The van der Waals surface area contributed by atoms with E-state index in [1.54, 1.807) is 17.4 Å². The zero-order valence-corrected chi connectivity index (χ0v) is 12.8. The van der Waals surface area contributed by atoms with E-state index in [4.69, 9.17) is 0 Å². The number of aryl methyl sites for hydroxylation is 1. The zero-order chi connectivity index (χ0) is 14.8. The van der Waals surface area contributed by atoms with Crippen LogP contribution in [0.3, 0.4) is 0 Å². The van der Waals surface area contributed by atoms with Gasteiger partial charge in [0.1, 0.15) is 0 Å². The van der Waals surface area contributed by atoms with Crippen LogP contribution >= 0.6 is 11.3 Å². The molecule has 3 rings (SSSR count). The average Bonchev–Trinajstić information content (AvgIpc) is 2.94. The second-order valence-corrected chi connectivity index (χ2v) is 6.16. The number of fused-ring (bicyclic) bond motifs is 1. The first-order chi connectivity index (χ1) is 10.2. The van der Waals surface area contributed by atoms with Crippen molar-refractivity contribution in [3.63, 3.8) is 0 Å². The fourth-order valence-electron chi connectivity index (χ4n) is 2.84. The van der Waals surface area contributed by atoms with E-state index >= 15 is 0 Å². The lowest BCUT2D eigenvalue weighted by Gasteiger charge is -2.31. The smallest absolute Gasteiger partial charge is 0.336 e. The molecule has 0 saturated heterocycles. The Morgan fingerprint density at radius 3 is 3.05 bits per heavy atom. The van der Waals surface area contributed by atoms with Gasteiger partial charge in [0.2, 0.25) is 0 Å². The quantitative estimate of drug-likeness (QED) is 0.941. The predicted molar refractivity (Wildman–Crippen MR) is 84.3 cm³/mol. The molecule has 4 nitrogen and oxygen atoms in total. The Morgan fingerprint density at radius 2 is 2.33 bits per heavy atom. The molecular formula is C16H18N2O2S. The van der Waals surface area contributed by atoms with E-state index in [1.807, 2.05) is 12.1 Å². The molecule has 1 N–H and O–H groups in total. The third-order valence-electron chi connectivity index (χ3n) is 3.83. The monoisotopic (exact) mass is 302 g/mol. The van der Waals surface area contributed by atoms with Gasteiger partial charge in [-0.25, -0.2) is 9.78 Å². The minimum Gasteiger partial charge on any atom is -0.478 e. The molecule has 110 valence electrons. The molecule has 1 aliphatic rings. The first-order valence-corrected chi connectivity index (χ1v) is 8.10. The van der Waals surface area contributed by atoms with E-state index in [0.717, 1.165) is 54.3 Å². The van der Waals surface area contributed by atoms with E-state index in [0.29, 0.717) is 5.56 Å². The molecule has 0 amide bonds. The van der Waals surface area contributed by atoms with Crippen LogP contribution in [0.1, 0.15) is 40.0 Å². The van der Waals surface area contributed by atoms with Gasteiger partial charge in [0.25, 0.3) is 0 Å². The van der Waals surface area contributed by atoms with Crippen LogP contribution < -0.4 is 4.90 Å². The van der Waals surface area contributed by atoms with Crippen molar-refractivity contribution < 1.29 is 9.90 Å². The number of nitrogens with zero attached hydrogens (tertiary/aromatic N) is 2. The average molecular weight is 302 g/mol. The van der Waals surface area contributed by atoms with Gasteiger partial charge in [0.05, 0.1) is 22.8 Å². The lowest BCUT2D eigenvalue weighted by Crippen LogP contribution is -2.30. The number of thiazole rings is 1. The number of carbonyl (C=O) groups is 1. The molecule has 0 aliphatic carbocycles. The minimum atomic E-state index is -0.837. The number of anilines is 1. The Labute approximate surface area is 128 Å². The van der Waals surface area contributed by atoms with E-state index in [-0.39, 0.29) is 0 Å². The van der Waals surface area contributed by atoms with Crippen LogP contribution in [0.5, 0.6) is 0 Å². The third-order valence-corrected chi connectivity index (χ3v) is 4.87. The highest BCUT2D eigenvalue weighted by Gasteiger charge is 2.22. The zero-order valence-electron chi connectivity index (χ0n) is 12.0. The lowest BCUT2D eigenvalue weighted by atomic mass is 9.96. The lowest BCUT2D eigenvalue weighted by molar-refractivity contribution is 0.0695. The molecule has 0 saturated carbocycles. The standard InChI is InChI=1S/C16H18N2O2S/c1-2-15-17-11(10-21-15)9-18-8-4-6-12-13(16(19)20)5-3-7-14(12)18/h3,5,7,10H,2,4,6,8-9H2,1H3,(H,19,20).